The monoisotopic (exact) mass is 429 g/mol. The number of anilines is 1. The lowest BCUT2D eigenvalue weighted by Gasteiger charge is -2.33. The normalized spacial score (nSPS) is 16.3. The summed E-state index contributed by atoms with van der Waals surface area (Å²) in [6.45, 7) is 3.74. The highest BCUT2D eigenvalue weighted by atomic mass is 35.5. The Morgan fingerprint density at radius 3 is 2.35 bits per heavy atom. The van der Waals surface area contributed by atoms with E-state index in [1.165, 1.54) is 10.4 Å². The zero-order valence-corrected chi connectivity index (χ0v) is 17.2. The van der Waals surface area contributed by atoms with Crippen molar-refractivity contribution in [1.29, 1.82) is 0 Å². The van der Waals surface area contributed by atoms with Crippen LogP contribution in [-0.4, -0.2) is 53.1 Å². The van der Waals surface area contributed by atoms with Gasteiger partial charge in [0.1, 0.15) is 5.82 Å². The standard InChI is InChI=1S/C15H24FN3O4S2.ClH/c1-3-10-19(12-6-8-17-9-7-12)25(22,23)13-4-5-15(14(16)11-13)18-24(2,20)21;/h4-5,11-12,17-18H,3,6-10H2,1-2H3;1H. The molecule has 2 N–H and O–H groups in total. The molecule has 0 radical (unpaired) electrons. The van der Waals surface area contributed by atoms with E-state index in [2.05, 4.69) is 5.32 Å². The minimum atomic E-state index is -3.86. The van der Waals surface area contributed by atoms with Crippen molar-refractivity contribution in [3.05, 3.63) is 24.0 Å². The van der Waals surface area contributed by atoms with Gasteiger partial charge in [0.05, 0.1) is 16.8 Å². The van der Waals surface area contributed by atoms with Crippen molar-refractivity contribution in [1.82, 2.24) is 9.62 Å². The van der Waals surface area contributed by atoms with Crippen molar-refractivity contribution in [3.8, 4) is 0 Å². The first-order valence-electron chi connectivity index (χ1n) is 8.15. The summed E-state index contributed by atoms with van der Waals surface area (Å²) in [5.74, 6) is -0.923. The zero-order chi connectivity index (χ0) is 18.7. The van der Waals surface area contributed by atoms with E-state index in [1.54, 1.807) is 0 Å². The molecule has 0 spiro atoms. The van der Waals surface area contributed by atoms with Crippen LogP contribution in [0.4, 0.5) is 10.1 Å². The van der Waals surface area contributed by atoms with Gasteiger partial charge >= 0.3 is 0 Å². The Labute approximate surface area is 160 Å². The highest BCUT2D eigenvalue weighted by Crippen LogP contribution is 2.26. The molecule has 1 saturated heterocycles. The van der Waals surface area contributed by atoms with E-state index >= 15 is 0 Å². The summed E-state index contributed by atoms with van der Waals surface area (Å²) >= 11 is 0. The third-order valence-corrected chi connectivity index (χ3v) is 6.54. The predicted octanol–water partition coefficient (Wildman–Crippen LogP) is 1.77. The van der Waals surface area contributed by atoms with Crippen molar-refractivity contribution < 1.29 is 21.2 Å². The maximum atomic E-state index is 14.2. The summed E-state index contributed by atoms with van der Waals surface area (Å²) in [6.07, 6.45) is 2.96. The van der Waals surface area contributed by atoms with Crippen LogP contribution < -0.4 is 10.0 Å². The third kappa shape index (κ3) is 5.78. The number of hydrogen-bond donors (Lipinski definition) is 2. The van der Waals surface area contributed by atoms with E-state index in [4.69, 9.17) is 0 Å². The van der Waals surface area contributed by atoms with E-state index in [-0.39, 0.29) is 29.0 Å². The number of nitrogens with one attached hydrogen (secondary N) is 2. The second kappa shape index (κ2) is 9.32. The van der Waals surface area contributed by atoms with Gasteiger partial charge in [0, 0.05) is 12.6 Å². The van der Waals surface area contributed by atoms with Gasteiger partial charge in [-0.05, 0) is 50.6 Å². The van der Waals surface area contributed by atoms with Crippen LogP contribution in [0.3, 0.4) is 0 Å². The van der Waals surface area contributed by atoms with E-state index in [0.29, 0.717) is 25.8 Å². The molecular weight excluding hydrogens is 405 g/mol. The lowest BCUT2D eigenvalue weighted by molar-refractivity contribution is 0.262. The molecule has 150 valence electrons. The lowest BCUT2D eigenvalue weighted by Crippen LogP contribution is -2.46. The molecule has 1 heterocycles. The Kier molecular flexibility index (Phi) is 8.28. The van der Waals surface area contributed by atoms with Gasteiger partial charge in [-0.1, -0.05) is 6.92 Å². The van der Waals surface area contributed by atoms with Crippen molar-refractivity contribution in [2.45, 2.75) is 37.1 Å². The molecule has 1 aromatic rings. The number of benzene rings is 1. The summed E-state index contributed by atoms with van der Waals surface area (Å²) in [4.78, 5) is -0.170. The van der Waals surface area contributed by atoms with Crippen LogP contribution >= 0.6 is 12.4 Å². The number of nitrogens with zero attached hydrogens (tertiary/aromatic N) is 1. The van der Waals surface area contributed by atoms with Gasteiger partial charge in [-0.25, -0.2) is 21.2 Å². The van der Waals surface area contributed by atoms with Crippen LogP contribution in [0.25, 0.3) is 0 Å². The largest absolute Gasteiger partial charge is 0.317 e. The Hall–Kier alpha value is -0.940. The molecule has 0 bridgehead atoms. The fourth-order valence-electron chi connectivity index (χ4n) is 2.89. The third-order valence-electron chi connectivity index (χ3n) is 4.00. The molecule has 0 atom stereocenters. The molecule has 1 aromatic carbocycles. The van der Waals surface area contributed by atoms with E-state index in [0.717, 1.165) is 31.5 Å². The SMILES string of the molecule is CCCN(C1CCNCC1)S(=O)(=O)c1ccc(NS(C)(=O)=O)c(F)c1.Cl. The quantitative estimate of drug-likeness (QED) is 0.688. The van der Waals surface area contributed by atoms with Crippen LogP contribution in [0.15, 0.2) is 23.1 Å². The lowest BCUT2D eigenvalue weighted by atomic mass is 10.1. The van der Waals surface area contributed by atoms with Gasteiger partial charge in [-0.3, -0.25) is 4.72 Å². The van der Waals surface area contributed by atoms with Crippen LogP contribution in [0.1, 0.15) is 26.2 Å². The number of hydrogen-bond acceptors (Lipinski definition) is 5. The molecule has 0 unspecified atom stereocenters. The number of sulfonamides is 2. The molecule has 11 heteroatoms. The number of rotatable bonds is 7. The topological polar surface area (TPSA) is 95.6 Å². The highest BCUT2D eigenvalue weighted by molar-refractivity contribution is 7.92. The van der Waals surface area contributed by atoms with Crippen molar-refractivity contribution in [2.75, 3.05) is 30.6 Å². The van der Waals surface area contributed by atoms with Crippen molar-refractivity contribution >= 4 is 38.1 Å². The maximum absolute atomic E-state index is 14.2. The first-order valence-corrected chi connectivity index (χ1v) is 11.5. The Balaban J connectivity index is 0.00000338. The van der Waals surface area contributed by atoms with Crippen LogP contribution in [0, 0.1) is 5.82 Å². The number of piperidine rings is 1. The molecule has 7 nitrogen and oxygen atoms in total. The smallest absolute Gasteiger partial charge is 0.243 e. The van der Waals surface area contributed by atoms with Gasteiger partial charge in [0.15, 0.2) is 0 Å². The summed E-state index contributed by atoms with van der Waals surface area (Å²) in [6, 6.07) is 3.11. The van der Waals surface area contributed by atoms with Crippen LogP contribution in [0.5, 0.6) is 0 Å². The van der Waals surface area contributed by atoms with Crippen molar-refractivity contribution in [3.63, 3.8) is 0 Å². The predicted molar refractivity (Wildman–Crippen MR) is 102 cm³/mol. The van der Waals surface area contributed by atoms with Gasteiger partial charge < -0.3 is 5.32 Å². The molecule has 1 aliphatic heterocycles. The first kappa shape index (κ1) is 23.1. The van der Waals surface area contributed by atoms with E-state index in [9.17, 15) is 21.2 Å². The second-order valence-electron chi connectivity index (χ2n) is 6.11. The Morgan fingerprint density at radius 2 is 1.85 bits per heavy atom. The Bertz CT molecular complexity index is 812. The summed E-state index contributed by atoms with van der Waals surface area (Å²) in [5, 5.41) is 3.19. The fourth-order valence-corrected chi connectivity index (χ4v) is 5.24. The molecule has 2 rings (SSSR count). The van der Waals surface area contributed by atoms with Crippen molar-refractivity contribution in [2.24, 2.45) is 0 Å². The van der Waals surface area contributed by atoms with Crippen LogP contribution in [-0.2, 0) is 20.0 Å². The second-order valence-corrected chi connectivity index (χ2v) is 9.75. The van der Waals surface area contributed by atoms with Gasteiger partial charge in [-0.2, -0.15) is 4.31 Å². The minimum Gasteiger partial charge on any atom is -0.317 e. The molecule has 1 fully saturated rings. The van der Waals surface area contributed by atoms with Gasteiger partial charge in [0.25, 0.3) is 0 Å². The average molecular weight is 430 g/mol. The fraction of sp³-hybridized carbons (Fsp3) is 0.600. The zero-order valence-electron chi connectivity index (χ0n) is 14.7. The average Bonchev–Trinajstić information content (AvgIpc) is 2.54. The molecule has 26 heavy (non-hydrogen) atoms. The minimum absolute atomic E-state index is 0. The molecular formula is C15H25ClFN3O4S2. The summed E-state index contributed by atoms with van der Waals surface area (Å²) in [7, 11) is -7.50. The molecule has 0 aliphatic carbocycles. The van der Waals surface area contributed by atoms with E-state index < -0.39 is 25.9 Å². The molecule has 1 aliphatic rings. The Morgan fingerprint density at radius 1 is 1.23 bits per heavy atom. The number of halogens is 2. The summed E-state index contributed by atoms with van der Waals surface area (Å²) in [5.41, 5.74) is -0.273. The maximum Gasteiger partial charge on any atom is 0.243 e. The first-order chi connectivity index (χ1) is 11.6. The van der Waals surface area contributed by atoms with E-state index in [1.807, 2.05) is 11.6 Å². The van der Waals surface area contributed by atoms with Gasteiger partial charge in [-0.15, -0.1) is 12.4 Å². The van der Waals surface area contributed by atoms with Crippen LogP contribution in [0.2, 0.25) is 0 Å². The highest BCUT2D eigenvalue weighted by Gasteiger charge is 2.32. The molecule has 0 saturated carbocycles. The molecule has 0 amide bonds. The molecule has 0 aromatic heterocycles. The van der Waals surface area contributed by atoms with Gasteiger partial charge in [0.2, 0.25) is 20.0 Å². The summed E-state index contributed by atoms with van der Waals surface area (Å²) < 4.78 is 66.0.